The Morgan fingerprint density at radius 3 is 2.17 bits per heavy atom. The number of fused-ring (bicyclic) bond motifs is 1. The average molecular weight is 491 g/mol. The molecule has 8 heteroatoms. The Balaban J connectivity index is 1.45. The summed E-state index contributed by atoms with van der Waals surface area (Å²) in [5.41, 5.74) is 3.95. The van der Waals surface area contributed by atoms with E-state index in [9.17, 15) is 18.7 Å². The van der Waals surface area contributed by atoms with Crippen LogP contribution in [0.1, 0.15) is 19.5 Å². The molecule has 1 aromatic heterocycles. The van der Waals surface area contributed by atoms with Crippen LogP contribution in [0.5, 0.6) is 5.75 Å². The highest BCUT2D eigenvalue weighted by atomic mass is 32.2. The summed E-state index contributed by atoms with van der Waals surface area (Å²) in [6.45, 7) is 3.76. The molecule has 0 aliphatic heterocycles. The number of hydrogen-bond acceptors (Lipinski definition) is 4. The standard InChI is InChI=1S/C27H26N2O5S/c1-18(2)26(27(30)31)29(35(32)33)23-13-8-19(9-14-23)20-10-15-24(16-11-20)34-17-22-12-7-21-5-3-4-6-25(21)28-22/h3-16,18,26H,17H2,1-2H3,(H,30,31)(H,32,33). The second-order valence-electron chi connectivity index (χ2n) is 8.44. The number of para-hydroxylation sites is 1. The van der Waals surface area contributed by atoms with Gasteiger partial charge in [-0.15, -0.1) is 0 Å². The number of carboxylic acids is 1. The van der Waals surface area contributed by atoms with Gasteiger partial charge in [0.1, 0.15) is 18.4 Å². The van der Waals surface area contributed by atoms with Crippen LogP contribution in [0, 0.1) is 5.92 Å². The maximum absolute atomic E-state index is 11.9. The van der Waals surface area contributed by atoms with E-state index in [4.69, 9.17) is 4.74 Å². The highest BCUT2D eigenvalue weighted by molar-refractivity contribution is 7.80. The van der Waals surface area contributed by atoms with E-state index in [1.165, 1.54) is 0 Å². The van der Waals surface area contributed by atoms with Crippen molar-refractivity contribution < 1.29 is 23.4 Å². The molecule has 0 spiro atoms. The normalized spacial score (nSPS) is 12.9. The average Bonchev–Trinajstić information content (AvgIpc) is 2.85. The molecular formula is C27H26N2O5S. The zero-order chi connectivity index (χ0) is 24.9. The fourth-order valence-electron chi connectivity index (χ4n) is 3.89. The largest absolute Gasteiger partial charge is 0.487 e. The first-order valence-corrected chi connectivity index (χ1v) is 12.2. The number of pyridine rings is 1. The van der Waals surface area contributed by atoms with Crippen LogP contribution in [0.4, 0.5) is 5.69 Å². The fourth-order valence-corrected chi connectivity index (χ4v) is 4.72. The third-order valence-corrected chi connectivity index (χ3v) is 6.43. The van der Waals surface area contributed by atoms with Crippen molar-refractivity contribution in [2.45, 2.75) is 26.5 Å². The molecule has 4 rings (SSSR count). The topological polar surface area (TPSA) is 100.0 Å². The quantitative estimate of drug-likeness (QED) is 0.299. The molecule has 0 radical (unpaired) electrons. The van der Waals surface area contributed by atoms with E-state index >= 15 is 0 Å². The van der Waals surface area contributed by atoms with Crippen LogP contribution in [-0.2, 0) is 22.7 Å². The van der Waals surface area contributed by atoms with Gasteiger partial charge < -0.3 is 9.84 Å². The van der Waals surface area contributed by atoms with Gasteiger partial charge in [-0.05, 0) is 53.4 Å². The monoisotopic (exact) mass is 490 g/mol. The maximum Gasteiger partial charge on any atom is 0.327 e. The van der Waals surface area contributed by atoms with Gasteiger partial charge in [-0.1, -0.05) is 62.4 Å². The molecule has 0 saturated heterocycles. The van der Waals surface area contributed by atoms with Gasteiger partial charge in [0.05, 0.1) is 16.9 Å². The van der Waals surface area contributed by atoms with Gasteiger partial charge in [0, 0.05) is 5.39 Å². The van der Waals surface area contributed by atoms with E-state index < -0.39 is 23.3 Å². The molecule has 180 valence electrons. The third kappa shape index (κ3) is 5.67. The molecule has 3 aromatic carbocycles. The summed E-state index contributed by atoms with van der Waals surface area (Å²) in [5.74, 6) is -0.801. The van der Waals surface area contributed by atoms with Crippen LogP contribution in [0.2, 0.25) is 0 Å². The number of ether oxygens (including phenoxy) is 1. The van der Waals surface area contributed by atoms with Crippen molar-refractivity contribution in [3.8, 4) is 16.9 Å². The first-order valence-electron chi connectivity index (χ1n) is 11.1. The minimum atomic E-state index is -2.48. The van der Waals surface area contributed by atoms with Gasteiger partial charge in [-0.3, -0.25) is 8.86 Å². The minimum Gasteiger partial charge on any atom is -0.487 e. The summed E-state index contributed by atoms with van der Waals surface area (Å²) >= 11 is -2.48. The Morgan fingerprint density at radius 2 is 1.57 bits per heavy atom. The van der Waals surface area contributed by atoms with E-state index in [0.717, 1.165) is 32.0 Å². The number of carbonyl (C=O) groups is 1. The van der Waals surface area contributed by atoms with E-state index in [-0.39, 0.29) is 5.92 Å². The molecule has 7 nitrogen and oxygen atoms in total. The Kier molecular flexibility index (Phi) is 7.43. The molecule has 2 atom stereocenters. The van der Waals surface area contributed by atoms with E-state index in [1.54, 1.807) is 38.1 Å². The lowest BCUT2D eigenvalue weighted by Gasteiger charge is -2.29. The number of anilines is 1. The van der Waals surface area contributed by atoms with Gasteiger partial charge in [-0.2, -0.15) is 0 Å². The molecule has 2 N–H and O–H groups in total. The minimum absolute atomic E-state index is 0.355. The van der Waals surface area contributed by atoms with Crippen LogP contribution in [-0.4, -0.2) is 30.9 Å². The van der Waals surface area contributed by atoms with Gasteiger partial charge in [0.25, 0.3) is 11.3 Å². The van der Waals surface area contributed by atoms with Crippen molar-refractivity contribution in [1.29, 1.82) is 0 Å². The van der Waals surface area contributed by atoms with E-state index in [1.807, 2.05) is 60.7 Å². The Labute approximate surface area is 206 Å². The molecule has 4 aromatic rings. The van der Waals surface area contributed by atoms with E-state index in [0.29, 0.717) is 18.0 Å². The van der Waals surface area contributed by atoms with Crippen molar-refractivity contribution in [3.63, 3.8) is 0 Å². The lowest BCUT2D eigenvalue weighted by molar-refractivity contribution is -0.139. The summed E-state index contributed by atoms with van der Waals surface area (Å²) in [5, 5.41) is 10.6. The van der Waals surface area contributed by atoms with E-state index in [2.05, 4.69) is 4.98 Å². The van der Waals surface area contributed by atoms with Crippen LogP contribution < -0.4 is 9.04 Å². The second kappa shape index (κ2) is 10.7. The van der Waals surface area contributed by atoms with Crippen LogP contribution in [0.25, 0.3) is 22.0 Å². The number of aliphatic carboxylic acids is 1. The van der Waals surface area contributed by atoms with Crippen LogP contribution >= 0.6 is 0 Å². The number of nitrogens with zero attached hydrogens (tertiary/aromatic N) is 2. The van der Waals surface area contributed by atoms with Crippen molar-refractivity contribution in [2.75, 3.05) is 4.31 Å². The predicted molar refractivity (Wildman–Crippen MR) is 137 cm³/mol. The second-order valence-corrected chi connectivity index (χ2v) is 9.29. The first-order chi connectivity index (χ1) is 16.8. The molecule has 0 aliphatic rings. The predicted octanol–water partition coefficient (Wildman–Crippen LogP) is 5.53. The Morgan fingerprint density at radius 1 is 0.943 bits per heavy atom. The third-order valence-electron chi connectivity index (χ3n) is 5.66. The molecule has 0 saturated carbocycles. The smallest absolute Gasteiger partial charge is 0.327 e. The van der Waals surface area contributed by atoms with Gasteiger partial charge in [0.15, 0.2) is 0 Å². The summed E-state index contributed by atoms with van der Waals surface area (Å²) in [7, 11) is 0. The van der Waals surface area contributed by atoms with Gasteiger partial charge >= 0.3 is 5.97 Å². The number of carboxylic acid groups (broad SMARTS) is 1. The van der Waals surface area contributed by atoms with Crippen LogP contribution in [0.15, 0.2) is 84.9 Å². The highest BCUT2D eigenvalue weighted by Crippen LogP contribution is 2.28. The maximum atomic E-state index is 11.9. The number of rotatable bonds is 9. The zero-order valence-corrected chi connectivity index (χ0v) is 20.2. The highest BCUT2D eigenvalue weighted by Gasteiger charge is 2.32. The molecule has 0 bridgehead atoms. The van der Waals surface area contributed by atoms with Gasteiger partial charge in [0.2, 0.25) is 0 Å². The summed E-state index contributed by atoms with van der Waals surface area (Å²) in [4.78, 5) is 16.3. The molecule has 0 aliphatic carbocycles. The molecule has 2 unspecified atom stereocenters. The molecule has 0 fully saturated rings. The SMILES string of the molecule is CC(C)C(C(=O)O)N(c1ccc(-c2ccc(OCc3ccc4ccccc4n3)cc2)cc1)S(=O)O. The van der Waals surface area contributed by atoms with Crippen molar-refractivity contribution >= 4 is 33.8 Å². The molecular weight excluding hydrogens is 464 g/mol. The fraction of sp³-hybridized carbons (Fsp3) is 0.185. The molecule has 35 heavy (non-hydrogen) atoms. The summed E-state index contributed by atoms with van der Waals surface area (Å²) < 4.78 is 28.6. The Hall–Kier alpha value is -3.75. The van der Waals surface area contributed by atoms with Crippen LogP contribution in [0.3, 0.4) is 0 Å². The number of aromatic nitrogens is 1. The van der Waals surface area contributed by atoms with Crippen molar-refractivity contribution in [1.82, 2.24) is 4.98 Å². The van der Waals surface area contributed by atoms with Crippen molar-refractivity contribution in [3.05, 3.63) is 90.6 Å². The lowest BCUT2D eigenvalue weighted by atomic mass is 10.0. The first kappa shape index (κ1) is 24.4. The number of hydrogen-bond donors (Lipinski definition) is 2. The summed E-state index contributed by atoms with van der Waals surface area (Å²) in [6, 6.07) is 25.3. The van der Waals surface area contributed by atoms with Crippen molar-refractivity contribution in [2.24, 2.45) is 5.92 Å². The Bertz CT molecular complexity index is 1340. The van der Waals surface area contributed by atoms with Gasteiger partial charge in [-0.25, -0.2) is 14.0 Å². The molecule has 0 amide bonds. The molecule has 1 heterocycles. The lowest BCUT2D eigenvalue weighted by Crippen LogP contribution is -2.45. The summed E-state index contributed by atoms with van der Waals surface area (Å²) in [6.07, 6.45) is 0. The number of benzene rings is 3. The zero-order valence-electron chi connectivity index (χ0n) is 19.4.